The summed E-state index contributed by atoms with van der Waals surface area (Å²) < 4.78 is 1.77. The van der Waals surface area contributed by atoms with Crippen LogP contribution in [0.15, 0.2) is 18.5 Å². The van der Waals surface area contributed by atoms with Crippen LogP contribution in [0, 0.1) is 6.92 Å². The maximum Gasteiger partial charge on any atom is 0.263 e. The van der Waals surface area contributed by atoms with Gasteiger partial charge in [0, 0.05) is 30.2 Å². The van der Waals surface area contributed by atoms with E-state index in [9.17, 15) is 4.79 Å². The van der Waals surface area contributed by atoms with Crippen LogP contribution < -0.4 is 11.1 Å². The van der Waals surface area contributed by atoms with Crippen molar-refractivity contribution in [3.05, 3.63) is 34.6 Å². The molecule has 0 saturated carbocycles. The summed E-state index contributed by atoms with van der Waals surface area (Å²) in [6.45, 7) is 2.37. The van der Waals surface area contributed by atoms with Gasteiger partial charge < -0.3 is 11.1 Å². The predicted molar refractivity (Wildman–Crippen MR) is 80.9 cm³/mol. The van der Waals surface area contributed by atoms with Gasteiger partial charge in [0.05, 0.1) is 18.1 Å². The number of nitrogens with zero attached hydrogens (tertiary/aromatic N) is 4. The number of hydrogen-bond acceptors (Lipinski definition) is 6. The van der Waals surface area contributed by atoms with E-state index in [2.05, 4.69) is 20.6 Å². The highest BCUT2D eigenvalue weighted by Gasteiger charge is 2.17. The van der Waals surface area contributed by atoms with E-state index in [-0.39, 0.29) is 5.91 Å². The number of hydrogen-bond donors (Lipinski definition) is 2. The summed E-state index contributed by atoms with van der Waals surface area (Å²) in [4.78, 5) is 13.4. The normalized spacial score (nSPS) is 11.0. The summed E-state index contributed by atoms with van der Waals surface area (Å²) in [5.41, 5.74) is 8.45. The van der Waals surface area contributed by atoms with E-state index in [4.69, 9.17) is 5.73 Å². The van der Waals surface area contributed by atoms with Crippen LogP contribution in [0.1, 0.15) is 20.9 Å². The van der Waals surface area contributed by atoms with Crippen molar-refractivity contribution in [1.29, 1.82) is 0 Å². The van der Waals surface area contributed by atoms with Gasteiger partial charge in [0.2, 0.25) is 0 Å². The first-order valence-corrected chi connectivity index (χ1v) is 7.15. The number of nitrogens with two attached hydrogens (primary N) is 1. The van der Waals surface area contributed by atoms with Crippen molar-refractivity contribution < 1.29 is 4.79 Å². The number of anilines is 1. The Labute approximate surface area is 124 Å². The van der Waals surface area contributed by atoms with Crippen LogP contribution >= 0.6 is 11.3 Å². The topological polar surface area (TPSA) is 98.7 Å². The van der Waals surface area contributed by atoms with E-state index in [1.807, 2.05) is 14.0 Å². The molecule has 3 aromatic heterocycles. The van der Waals surface area contributed by atoms with E-state index in [1.165, 1.54) is 11.3 Å². The molecule has 21 heavy (non-hydrogen) atoms. The Hall–Kier alpha value is -2.48. The standard InChI is InChI=1S/C13H14N6OS/c1-7-8(6-17-19(7)2)5-15-12(20)11-10(14)9-3-4-16-18-13(9)21-11/h3-4,6H,5,14H2,1-2H3,(H,15,20). The molecule has 0 unspecified atom stereocenters. The van der Waals surface area contributed by atoms with Crippen LogP contribution in [-0.2, 0) is 13.6 Å². The van der Waals surface area contributed by atoms with Crippen molar-refractivity contribution in [2.24, 2.45) is 7.05 Å². The van der Waals surface area contributed by atoms with Gasteiger partial charge in [0.25, 0.3) is 5.91 Å². The molecule has 3 heterocycles. The van der Waals surface area contributed by atoms with Crippen molar-refractivity contribution >= 4 is 33.1 Å². The maximum absolute atomic E-state index is 12.3. The number of rotatable bonds is 3. The molecule has 108 valence electrons. The van der Waals surface area contributed by atoms with Gasteiger partial charge in [-0.3, -0.25) is 9.48 Å². The summed E-state index contributed by atoms with van der Waals surface area (Å²) >= 11 is 1.25. The first-order chi connectivity index (χ1) is 10.1. The van der Waals surface area contributed by atoms with Gasteiger partial charge in [-0.1, -0.05) is 0 Å². The average Bonchev–Trinajstić information content (AvgIpc) is 2.99. The molecule has 0 aliphatic heterocycles. The number of amides is 1. The largest absolute Gasteiger partial charge is 0.397 e. The number of fused-ring (bicyclic) bond motifs is 1. The highest BCUT2D eigenvalue weighted by Crippen LogP contribution is 2.31. The molecule has 0 spiro atoms. The molecule has 0 bridgehead atoms. The van der Waals surface area contributed by atoms with Crippen LogP contribution in [0.2, 0.25) is 0 Å². The zero-order chi connectivity index (χ0) is 15.0. The molecule has 3 N–H and O–H groups in total. The number of carbonyl (C=O) groups excluding carboxylic acids is 1. The molecule has 0 aromatic carbocycles. The zero-order valence-electron chi connectivity index (χ0n) is 11.6. The van der Waals surface area contributed by atoms with Crippen molar-refractivity contribution in [2.75, 3.05) is 5.73 Å². The molecule has 0 radical (unpaired) electrons. The highest BCUT2D eigenvalue weighted by atomic mass is 32.1. The summed E-state index contributed by atoms with van der Waals surface area (Å²) in [6.07, 6.45) is 3.31. The molecule has 0 atom stereocenters. The SMILES string of the molecule is Cc1c(CNC(=O)c2sc3nnccc3c2N)cnn1C. The van der Waals surface area contributed by atoms with Crippen molar-refractivity contribution in [3.63, 3.8) is 0 Å². The van der Waals surface area contributed by atoms with E-state index < -0.39 is 0 Å². The molecule has 0 aliphatic rings. The lowest BCUT2D eigenvalue weighted by atomic mass is 10.2. The lowest BCUT2D eigenvalue weighted by Gasteiger charge is -2.04. The maximum atomic E-state index is 12.3. The van der Waals surface area contributed by atoms with E-state index in [1.54, 1.807) is 23.1 Å². The highest BCUT2D eigenvalue weighted by molar-refractivity contribution is 7.21. The second kappa shape index (κ2) is 5.13. The summed E-state index contributed by atoms with van der Waals surface area (Å²) in [6, 6.07) is 1.76. The lowest BCUT2D eigenvalue weighted by molar-refractivity contribution is 0.0956. The van der Waals surface area contributed by atoms with Crippen molar-refractivity contribution in [3.8, 4) is 0 Å². The Bertz CT molecular complexity index is 821. The Kier molecular flexibility index (Phi) is 3.30. The number of nitrogens with one attached hydrogen (secondary N) is 1. The Balaban J connectivity index is 1.81. The average molecular weight is 302 g/mol. The number of aromatic nitrogens is 4. The van der Waals surface area contributed by atoms with Crippen LogP contribution in [-0.4, -0.2) is 25.9 Å². The van der Waals surface area contributed by atoms with Crippen LogP contribution in [0.4, 0.5) is 5.69 Å². The Morgan fingerprint density at radius 2 is 2.33 bits per heavy atom. The van der Waals surface area contributed by atoms with E-state index in [0.717, 1.165) is 16.6 Å². The fourth-order valence-corrected chi connectivity index (χ4v) is 2.97. The summed E-state index contributed by atoms with van der Waals surface area (Å²) in [7, 11) is 1.86. The number of thiophene rings is 1. The van der Waals surface area contributed by atoms with Crippen LogP contribution in [0.3, 0.4) is 0 Å². The molecule has 1 amide bonds. The minimum Gasteiger partial charge on any atom is -0.397 e. The quantitative estimate of drug-likeness (QED) is 0.758. The third-order valence-corrected chi connectivity index (χ3v) is 4.51. The van der Waals surface area contributed by atoms with E-state index >= 15 is 0 Å². The van der Waals surface area contributed by atoms with Crippen LogP contribution in [0.5, 0.6) is 0 Å². The number of carbonyl (C=O) groups is 1. The minimum absolute atomic E-state index is 0.209. The van der Waals surface area contributed by atoms with Gasteiger partial charge in [-0.2, -0.15) is 10.2 Å². The fourth-order valence-electron chi connectivity index (χ4n) is 2.02. The van der Waals surface area contributed by atoms with Gasteiger partial charge >= 0.3 is 0 Å². The third-order valence-electron chi connectivity index (χ3n) is 3.40. The second-order valence-electron chi connectivity index (χ2n) is 4.66. The first kappa shape index (κ1) is 13.5. The molecular formula is C13H14N6OS. The lowest BCUT2D eigenvalue weighted by Crippen LogP contribution is -2.22. The van der Waals surface area contributed by atoms with Crippen molar-refractivity contribution in [2.45, 2.75) is 13.5 Å². The minimum atomic E-state index is -0.209. The van der Waals surface area contributed by atoms with Crippen molar-refractivity contribution in [1.82, 2.24) is 25.3 Å². The predicted octanol–water partition coefficient (Wildman–Crippen LogP) is 1.25. The smallest absolute Gasteiger partial charge is 0.263 e. The van der Waals surface area contributed by atoms with Gasteiger partial charge in [-0.15, -0.1) is 16.4 Å². The first-order valence-electron chi connectivity index (χ1n) is 6.33. The van der Waals surface area contributed by atoms with Gasteiger partial charge in [0.15, 0.2) is 0 Å². The fraction of sp³-hybridized carbons (Fsp3) is 0.231. The monoisotopic (exact) mass is 302 g/mol. The summed E-state index contributed by atoms with van der Waals surface area (Å²) in [5.74, 6) is -0.209. The second-order valence-corrected chi connectivity index (χ2v) is 5.66. The summed E-state index contributed by atoms with van der Waals surface area (Å²) in [5, 5.41) is 15.5. The molecule has 3 rings (SSSR count). The Morgan fingerprint density at radius 1 is 1.52 bits per heavy atom. The van der Waals surface area contributed by atoms with Gasteiger partial charge in [-0.25, -0.2) is 0 Å². The van der Waals surface area contributed by atoms with Gasteiger partial charge in [0.1, 0.15) is 9.71 Å². The molecule has 0 saturated heterocycles. The molecular weight excluding hydrogens is 288 g/mol. The molecule has 3 aromatic rings. The molecule has 7 nitrogen and oxygen atoms in total. The molecule has 0 aliphatic carbocycles. The Morgan fingerprint density at radius 3 is 3.00 bits per heavy atom. The molecule has 8 heteroatoms. The number of aryl methyl sites for hydroxylation is 1. The number of nitrogen functional groups attached to an aromatic ring is 1. The van der Waals surface area contributed by atoms with Crippen LogP contribution in [0.25, 0.3) is 10.2 Å². The van der Waals surface area contributed by atoms with E-state index in [0.29, 0.717) is 21.9 Å². The molecule has 0 fully saturated rings. The zero-order valence-corrected chi connectivity index (χ0v) is 12.4. The third kappa shape index (κ3) is 2.33. The van der Waals surface area contributed by atoms with Gasteiger partial charge in [-0.05, 0) is 13.0 Å².